The van der Waals surface area contributed by atoms with Gasteiger partial charge in [-0.1, -0.05) is 19.1 Å². The van der Waals surface area contributed by atoms with Gasteiger partial charge in [-0.25, -0.2) is 4.79 Å². The van der Waals surface area contributed by atoms with Crippen LogP contribution in [0.1, 0.15) is 53.0 Å². The predicted octanol–water partition coefficient (Wildman–Crippen LogP) is 4.48. The van der Waals surface area contributed by atoms with E-state index in [1.807, 2.05) is 45.0 Å². The Balaban J connectivity index is 0.00000512. The number of carbonyl (C=O) groups is 1. The van der Waals surface area contributed by atoms with Crippen LogP contribution in [-0.2, 0) is 11.2 Å². The fourth-order valence-corrected chi connectivity index (χ4v) is 3.64. The van der Waals surface area contributed by atoms with Crippen LogP contribution in [0.5, 0.6) is 0 Å². The van der Waals surface area contributed by atoms with Gasteiger partial charge in [0.1, 0.15) is 5.60 Å². The van der Waals surface area contributed by atoms with Crippen molar-refractivity contribution < 1.29 is 9.53 Å². The topological polar surface area (TPSA) is 78.0 Å². The zero-order valence-corrected chi connectivity index (χ0v) is 22.7. The van der Waals surface area contributed by atoms with Crippen LogP contribution in [0.25, 0.3) is 0 Å². The summed E-state index contributed by atoms with van der Waals surface area (Å²) in [5.41, 5.74) is 1.42. The minimum atomic E-state index is -0.506. The number of nitrogens with one attached hydrogen (secondary N) is 3. The van der Waals surface area contributed by atoms with Gasteiger partial charge in [-0.2, -0.15) is 0 Å². The fourth-order valence-electron chi connectivity index (χ4n) is 3.64. The molecule has 1 unspecified atom stereocenters. The van der Waals surface area contributed by atoms with E-state index in [1.165, 1.54) is 38.0 Å². The first kappa shape index (κ1) is 28.5. The molecule has 0 aromatic heterocycles. The highest BCUT2D eigenvalue weighted by atomic mass is 127. The smallest absolute Gasteiger partial charge is 0.412 e. The molecule has 3 N–H and O–H groups in total. The van der Waals surface area contributed by atoms with E-state index in [1.54, 1.807) is 0 Å². The highest BCUT2D eigenvalue weighted by Gasteiger charge is 2.21. The number of nitrogens with zero attached hydrogens (tertiary/aromatic N) is 2. The Morgan fingerprint density at radius 3 is 2.53 bits per heavy atom. The van der Waals surface area contributed by atoms with Crippen molar-refractivity contribution in [3.63, 3.8) is 0 Å². The number of benzene rings is 1. The lowest BCUT2D eigenvalue weighted by Crippen LogP contribution is -2.38. The summed E-state index contributed by atoms with van der Waals surface area (Å²) in [5.74, 6) is 1.55. The second kappa shape index (κ2) is 14.6. The van der Waals surface area contributed by atoms with Crippen LogP contribution in [0.4, 0.5) is 10.5 Å². The molecule has 0 bridgehead atoms. The number of ether oxygens (including phenoxy) is 1. The summed E-state index contributed by atoms with van der Waals surface area (Å²) in [5, 5.41) is 9.54. The highest BCUT2D eigenvalue weighted by molar-refractivity contribution is 14.0. The van der Waals surface area contributed by atoms with Gasteiger partial charge in [-0.05, 0) is 83.7 Å². The Labute approximate surface area is 211 Å². The van der Waals surface area contributed by atoms with Gasteiger partial charge in [0.05, 0.1) is 0 Å². The monoisotopic (exact) mass is 559 g/mol. The molecule has 0 spiro atoms. The summed E-state index contributed by atoms with van der Waals surface area (Å²) in [7, 11) is 0. The van der Waals surface area contributed by atoms with Crippen molar-refractivity contribution in [2.75, 3.05) is 44.6 Å². The van der Waals surface area contributed by atoms with Crippen LogP contribution in [0, 0.1) is 5.92 Å². The van der Waals surface area contributed by atoms with Crippen molar-refractivity contribution in [2.24, 2.45) is 10.9 Å². The lowest BCUT2D eigenvalue weighted by molar-refractivity contribution is 0.0636. The lowest BCUT2D eigenvalue weighted by Gasteiger charge is -2.19. The van der Waals surface area contributed by atoms with E-state index in [0.29, 0.717) is 5.92 Å². The number of carbonyl (C=O) groups excluding carboxylic acids is 1. The van der Waals surface area contributed by atoms with E-state index in [2.05, 4.69) is 34.7 Å². The first-order valence-corrected chi connectivity index (χ1v) is 11.6. The molecule has 1 atom stereocenters. The van der Waals surface area contributed by atoms with Crippen LogP contribution in [-0.4, -0.2) is 61.8 Å². The first-order chi connectivity index (χ1) is 14.8. The molecule has 8 heteroatoms. The zero-order chi connectivity index (χ0) is 22.7. The molecule has 0 radical (unpaired) electrons. The third kappa shape index (κ3) is 11.4. The van der Waals surface area contributed by atoms with Crippen LogP contribution < -0.4 is 16.0 Å². The van der Waals surface area contributed by atoms with Gasteiger partial charge in [-0.3, -0.25) is 10.3 Å². The molecule has 182 valence electrons. The molecule has 1 aliphatic heterocycles. The number of hydrogen-bond donors (Lipinski definition) is 3. The second-order valence-corrected chi connectivity index (χ2v) is 9.18. The van der Waals surface area contributed by atoms with Gasteiger partial charge in [0, 0.05) is 31.9 Å². The maximum Gasteiger partial charge on any atom is 0.412 e. The van der Waals surface area contributed by atoms with Crippen LogP contribution in [0.2, 0.25) is 0 Å². The van der Waals surface area contributed by atoms with E-state index >= 15 is 0 Å². The third-order valence-electron chi connectivity index (χ3n) is 5.07. The van der Waals surface area contributed by atoms with Crippen molar-refractivity contribution in [1.29, 1.82) is 0 Å². The summed E-state index contributed by atoms with van der Waals surface area (Å²) < 4.78 is 5.28. The van der Waals surface area contributed by atoms with Crippen molar-refractivity contribution in [2.45, 2.75) is 59.5 Å². The summed E-state index contributed by atoms with van der Waals surface area (Å²) in [6.45, 7) is 16.0. The standard InChI is InChI=1S/C24H41N5O2.HI/c1-6-15-29-16-13-20(18-29)17-27-22(25-7-2)26-14-12-19-8-10-21(11-9-19)28-23(30)31-24(3,4)5;/h8-11,20H,6-7,12-18H2,1-5H3,(H,28,30)(H2,25,26,27);1H. The predicted molar refractivity (Wildman–Crippen MR) is 144 cm³/mol. The Morgan fingerprint density at radius 1 is 1.19 bits per heavy atom. The number of halogens is 1. The molecule has 1 aliphatic rings. The lowest BCUT2D eigenvalue weighted by atomic mass is 10.1. The number of guanidine groups is 1. The molecule has 32 heavy (non-hydrogen) atoms. The Hall–Kier alpha value is -1.55. The SMILES string of the molecule is CCCN1CCC(CN=C(NCC)NCCc2ccc(NC(=O)OC(C)(C)C)cc2)C1.I. The molecule has 2 rings (SSSR count). The molecule has 1 heterocycles. The second-order valence-electron chi connectivity index (χ2n) is 9.18. The highest BCUT2D eigenvalue weighted by Crippen LogP contribution is 2.16. The number of hydrogen-bond acceptors (Lipinski definition) is 4. The van der Waals surface area contributed by atoms with E-state index < -0.39 is 11.7 Å². The molecule has 1 saturated heterocycles. The van der Waals surface area contributed by atoms with Crippen LogP contribution in [0.15, 0.2) is 29.3 Å². The minimum Gasteiger partial charge on any atom is -0.444 e. The average molecular weight is 560 g/mol. The Kier molecular flexibility index (Phi) is 13.0. The van der Waals surface area contributed by atoms with Gasteiger partial charge >= 0.3 is 6.09 Å². The third-order valence-corrected chi connectivity index (χ3v) is 5.07. The number of amides is 1. The summed E-state index contributed by atoms with van der Waals surface area (Å²) >= 11 is 0. The van der Waals surface area contributed by atoms with Crippen molar-refractivity contribution in [1.82, 2.24) is 15.5 Å². The number of likely N-dealkylation sites (tertiary alicyclic amines) is 1. The molecule has 1 fully saturated rings. The zero-order valence-electron chi connectivity index (χ0n) is 20.4. The van der Waals surface area contributed by atoms with Crippen molar-refractivity contribution in [3.05, 3.63) is 29.8 Å². The molecular weight excluding hydrogens is 517 g/mol. The summed E-state index contributed by atoms with van der Waals surface area (Å²) in [6, 6.07) is 7.86. The normalized spacial score (nSPS) is 16.9. The molecule has 0 saturated carbocycles. The van der Waals surface area contributed by atoms with Gasteiger partial charge in [0.25, 0.3) is 0 Å². The van der Waals surface area contributed by atoms with Crippen LogP contribution >= 0.6 is 24.0 Å². The number of anilines is 1. The largest absolute Gasteiger partial charge is 0.444 e. The molecule has 7 nitrogen and oxygen atoms in total. The van der Waals surface area contributed by atoms with Gasteiger partial charge in [-0.15, -0.1) is 24.0 Å². The fraction of sp³-hybridized carbons (Fsp3) is 0.667. The Morgan fingerprint density at radius 2 is 1.91 bits per heavy atom. The maximum atomic E-state index is 11.9. The van der Waals surface area contributed by atoms with Crippen molar-refractivity contribution >= 4 is 41.7 Å². The summed E-state index contributed by atoms with van der Waals surface area (Å²) in [4.78, 5) is 19.2. The van der Waals surface area contributed by atoms with Gasteiger partial charge < -0.3 is 20.3 Å². The Bertz CT molecular complexity index is 703. The average Bonchev–Trinajstić information content (AvgIpc) is 3.14. The molecule has 1 aromatic carbocycles. The van der Waals surface area contributed by atoms with Gasteiger partial charge in [0.15, 0.2) is 5.96 Å². The quantitative estimate of drug-likeness (QED) is 0.236. The summed E-state index contributed by atoms with van der Waals surface area (Å²) in [6.07, 6.45) is 2.91. The molecule has 1 amide bonds. The van der Waals surface area contributed by atoms with Gasteiger partial charge in [0.2, 0.25) is 0 Å². The van der Waals surface area contributed by atoms with Crippen LogP contribution in [0.3, 0.4) is 0 Å². The van der Waals surface area contributed by atoms with E-state index in [0.717, 1.165) is 37.7 Å². The number of rotatable bonds is 9. The maximum absolute atomic E-state index is 11.9. The molecule has 0 aliphatic carbocycles. The first-order valence-electron chi connectivity index (χ1n) is 11.6. The van der Waals surface area contributed by atoms with E-state index in [4.69, 9.17) is 9.73 Å². The molecule has 1 aromatic rings. The van der Waals surface area contributed by atoms with Crippen molar-refractivity contribution in [3.8, 4) is 0 Å². The van der Waals surface area contributed by atoms with E-state index in [9.17, 15) is 4.79 Å². The molecular formula is C24H42IN5O2. The number of aliphatic imine (C=N–C) groups is 1. The minimum absolute atomic E-state index is 0. The van der Waals surface area contributed by atoms with E-state index in [-0.39, 0.29) is 24.0 Å².